The van der Waals surface area contributed by atoms with E-state index in [0.717, 1.165) is 16.9 Å². The molecule has 0 radical (unpaired) electrons. The predicted molar refractivity (Wildman–Crippen MR) is 80.7 cm³/mol. The Morgan fingerprint density at radius 2 is 1.90 bits per heavy atom. The molecule has 2 N–H and O–H groups in total. The van der Waals surface area contributed by atoms with E-state index in [-0.39, 0.29) is 6.61 Å². The third kappa shape index (κ3) is 3.25. The summed E-state index contributed by atoms with van der Waals surface area (Å²) in [5.74, 6) is 2.02. The Labute approximate surface area is 124 Å². The lowest BCUT2D eigenvalue weighted by Crippen LogP contribution is -2.07. The van der Waals surface area contributed by atoms with Gasteiger partial charge in [-0.05, 0) is 12.5 Å². The summed E-state index contributed by atoms with van der Waals surface area (Å²) in [6.07, 6.45) is 1.67. The van der Waals surface area contributed by atoms with Gasteiger partial charge in [-0.3, -0.25) is 4.98 Å². The Morgan fingerprint density at radius 3 is 2.57 bits per heavy atom. The van der Waals surface area contributed by atoms with E-state index in [1.165, 1.54) is 0 Å². The minimum absolute atomic E-state index is 0.290. The lowest BCUT2D eigenvalue weighted by Gasteiger charge is -2.15. The van der Waals surface area contributed by atoms with Crippen LogP contribution in [-0.4, -0.2) is 19.2 Å². The third-order valence-electron chi connectivity index (χ3n) is 3.23. The summed E-state index contributed by atoms with van der Waals surface area (Å²) >= 11 is 0. The number of hydrogen-bond donors (Lipinski definition) is 1. The maximum absolute atomic E-state index is 5.91. The van der Waals surface area contributed by atoms with Crippen molar-refractivity contribution in [2.75, 3.05) is 14.2 Å². The summed E-state index contributed by atoms with van der Waals surface area (Å²) in [5.41, 5.74) is 8.44. The Hall–Kier alpha value is -2.27. The van der Waals surface area contributed by atoms with Crippen LogP contribution < -0.4 is 19.9 Å². The number of methoxy groups -OCH3 is 2. The number of para-hydroxylation sites is 1. The second-order valence-electron chi connectivity index (χ2n) is 4.55. The fraction of sp³-hybridized carbons (Fsp3) is 0.312. The Bertz CT molecular complexity index is 614. The SMILES string of the molecule is COc1ccnc(COc2c(C)cccc2CN)c1OC. The van der Waals surface area contributed by atoms with E-state index in [2.05, 4.69) is 4.98 Å². The average Bonchev–Trinajstić information content (AvgIpc) is 2.52. The Balaban J connectivity index is 2.25. The molecule has 0 saturated heterocycles. The van der Waals surface area contributed by atoms with Crippen LogP contribution in [0.3, 0.4) is 0 Å². The van der Waals surface area contributed by atoms with Crippen LogP contribution in [0.2, 0.25) is 0 Å². The first-order valence-electron chi connectivity index (χ1n) is 6.68. The van der Waals surface area contributed by atoms with Gasteiger partial charge in [-0.1, -0.05) is 18.2 Å². The van der Waals surface area contributed by atoms with Crippen molar-refractivity contribution in [3.05, 3.63) is 47.3 Å². The molecular formula is C16H20N2O3. The quantitative estimate of drug-likeness (QED) is 0.884. The molecule has 0 fully saturated rings. The topological polar surface area (TPSA) is 66.6 Å². The van der Waals surface area contributed by atoms with Gasteiger partial charge in [0.25, 0.3) is 0 Å². The molecule has 1 aromatic heterocycles. The summed E-state index contributed by atoms with van der Waals surface area (Å²) in [6, 6.07) is 7.67. The normalized spacial score (nSPS) is 10.3. The van der Waals surface area contributed by atoms with Crippen molar-refractivity contribution in [2.24, 2.45) is 5.73 Å². The third-order valence-corrected chi connectivity index (χ3v) is 3.23. The van der Waals surface area contributed by atoms with E-state index in [1.807, 2.05) is 25.1 Å². The Morgan fingerprint density at radius 1 is 1.10 bits per heavy atom. The molecule has 2 aromatic rings. The second-order valence-corrected chi connectivity index (χ2v) is 4.55. The number of ether oxygens (including phenoxy) is 3. The summed E-state index contributed by atoms with van der Waals surface area (Å²) in [6.45, 7) is 2.71. The van der Waals surface area contributed by atoms with Crippen LogP contribution in [0, 0.1) is 6.92 Å². The maximum Gasteiger partial charge on any atom is 0.185 e. The Kier molecular flexibility index (Phi) is 5.00. The zero-order valence-electron chi connectivity index (χ0n) is 12.6. The van der Waals surface area contributed by atoms with Crippen LogP contribution in [0.5, 0.6) is 17.2 Å². The molecule has 0 aliphatic rings. The first-order chi connectivity index (χ1) is 10.2. The van der Waals surface area contributed by atoms with Gasteiger partial charge in [0.05, 0.1) is 14.2 Å². The molecule has 5 heteroatoms. The fourth-order valence-electron chi connectivity index (χ4n) is 2.17. The van der Waals surface area contributed by atoms with Crippen LogP contribution >= 0.6 is 0 Å². The summed E-state index contributed by atoms with van der Waals surface area (Å²) in [7, 11) is 3.18. The number of aryl methyl sites for hydroxylation is 1. The molecule has 0 bridgehead atoms. The highest BCUT2D eigenvalue weighted by atomic mass is 16.5. The van der Waals surface area contributed by atoms with Gasteiger partial charge in [0.1, 0.15) is 18.1 Å². The molecule has 0 saturated carbocycles. The molecule has 0 amide bonds. The maximum atomic E-state index is 5.91. The van der Waals surface area contributed by atoms with Crippen LogP contribution in [0.15, 0.2) is 30.5 Å². The highest BCUT2D eigenvalue weighted by molar-refractivity contribution is 5.44. The fourth-order valence-corrected chi connectivity index (χ4v) is 2.17. The van der Waals surface area contributed by atoms with E-state index < -0.39 is 0 Å². The number of aromatic nitrogens is 1. The van der Waals surface area contributed by atoms with E-state index in [4.69, 9.17) is 19.9 Å². The molecular weight excluding hydrogens is 268 g/mol. The summed E-state index contributed by atoms with van der Waals surface area (Å²) in [5, 5.41) is 0. The zero-order valence-corrected chi connectivity index (χ0v) is 12.6. The minimum Gasteiger partial charge on any atom is -0.493 e. The molecule has 0 aliphatic carbocycles. The van der Waals surface area contributed by atoms with Gasteiger partial charge < -0.3 is 19.9 Å². The number of pyridine rings is 1. The minimum atomic E-state index is 0.290. The first-order valence-corrected chi connectivity index (χ1v) is 6.68. The molecule has 112 valence electrons. The lowest BCUT2D eigenvalue weighted by molar-refractivity contribution is 0.281. The van der Waals surface area contributed by atoms with Gasteiger partial charge in [-0.25, -0.2) is 0 Å². The highest BCUT2D eigenvalue weighted by Gasteiger charge is 2.13. The van der Waals surface area contributed by atoms with Crippen LogP contribution in [0.25, 0.3) is 0 Å². The van der Waals surface area contributed by atoms with Crippen LogP contribution in [0.4, 0.5) is 0 Å². The number of nitrogens with two attached hydrogens (primary N) is 1. The van der Waals surface area contributed by atoms with Gasteiger partial charge in [0, 0.05) is 24.4 Å². The first kappa shape index (κ1) is 15.1. The van der Waals surface area contributed by atoms with Crippen molar-refractivity contribution in [1.29, 1.82) is 0 Å². The molecule has 5 nitrogen and oxygen atoms in total. The molecule has 1 aromatic carbocycles. The number of nitrogens with zero attached hydrogens (tertiary/aromatic N) is 1. The molecule has 2 rings (SSSR count). The van der Waals surface area contributed by atoms with Crippen molar-refractivity contribution in [3.8, 4) is 17.2 Å². The van der Waals surface area contributed by atoms with E-state index in [1.54, 1.807) is 26.5 Å². The largest absolute Gasteiger partial charge is 0.493 e. The van der Waals surface area contributed by atoms with E-state index in [9.17, 15) is 0 Å². The van der Waals surface area contributed by atoms with E-state index >= 15 is 0 Å². The van der Waals surface area contributed by atoms with Crippen molar-refractivity contribution in [1.82, 2.24) is 4.98 Å². The van der Waals surface area contributed by atoms with Gasteiger partial charge in [0.2, 0.25) is 0 Å². The summed E-state index contributed by atoms with van der Waals surface area (Å²) in [4.78, 5) is 4.30. The van der Waals surface area contributed by atoms with Gasteiger partial charge in [0.15, 0.2) is 11.5 Å². The molecule has 0 aliphatic heterocycles. The van der Waals surface area contributed by atoms with Gasteiger partial charge >= 0.3 is 0 Å². The predicted octanol–water partition coefficient (Wildman–Crippen LogP) is 2.44. The smallest absolute Gasteiger partial charge is 0.185 e. The number of hydrogen-bond acceptors (Lipinski definition) is 5. The van der Waals surface area contributed by atoms with Crippen LogP contribution in [-0.2, 0) is 13.2 Å². The number of rotatable bonds is 6. The van der Waals surface area contributed by atoms with Crippen molar-refractivity contribution in [2.45, 2.75) is 20.1 Å². The van der Waals surface area contributed by atoms with Gasteiger partial charge in [-0.2, -0.15) is 0 Å². The molecule has 0 unspecified atom stereocenters. The highest BCUT2D eigenvalue weighted by Crippen LogP contribution is 2.31. The van der Waals surface area contributed by atoms with Crippen LogP contribution in [0.1, 0.15) is 16.8 Å². The van der Waals surface area contributed by atoms with E-state index in [0.29, 0.717) is 23.7 Å². The molecule has 0 spiro atoms. The second kappa shape index (κ2) is 6.95. The molecule has 1 heterocycles. The summed E-state index contributed by atoms with van der Waals surface area (Å²) < 4.78 is 16.5. The molecule has 21 heavy (non-hydrogen) atoms. The van der Waals surface area contributed by atoms with Crippen molar-refractivity contribution in [3.63, 3.8) is 0 Å². The average molecular weight is 288 g/mol. The standard InChI is InChI=1S/C16H20N2O3/c1-11-5-4-6-12(9-17)15(11)21-10-13-16(20-3)14(19-2)7-8-18-13/h4-8H,9-10,17H2,1-3H3. The van der Waals surface area contributed by atoms with Gasteiger partial charge in [-0.15, -0.1) is 0 Å². The lowest BCUT2D eigenvalue weighted by atomic mass is 10.1. The van der Waals surface area contributed by atoms with Crippen molar-refractivity contribution >= 4 is 0 Å². The van der Waals surface area contributed by atoms with Crippen molar-refractivity contribution < 1.29 is 14.2 Å². The number of benzene rings is 1. The monoisotopic (exact) mass is 288 g/mol. The molecule has 0 atom stereocenters. The zero-order chi connectivity index (χ0) is 15.2.